The number of halogens is 1. The summed E-state index contributed by atoms with van der Waals surface area (Å²) < 4.78 is 32.2. The van der Waals surface area contributed by atoms with Crippen molar-refractivity contribution in [1.82, 2.24) is 19.8 Å². The molecule has 0 bridgehead atoms. The number of guanidine groups is 1. The van der Waals surface area contributed by atoms with Gasteiger partial charge >= 0.3 is 0 Å². The maximum atomic E-state index is 12.6. The molecule has 31 heavy (non-hydrogen) atoms. The smallest absolute Gasteiger partial charge is 0.243 e. The Morgan fingerprint density at radius 2 is 1.74 bits per heavy atom. The molecule has 0 unspecified atom stereocenters. The van der Waals surface area contributed by atoms with E-state index in [9.17, 15) is 8.42 Å². The molecule has 2 aliphatic heterocycles. The number of sulfonamides is 1. The van der Waals surface area contributed by atoms with Gasteiger partial charge in [0.15, 0.2) is 5.96 Å². The van der Waals surface area contributed by atoms with Crippen LogP contribution in [-0.4, -0.2) is 82.6 Å². The van der Waals surface area contributed by atoms with Crippen molar-refractivity contribution in [2.24, 2.45) is 4.99 Å². The van der Waals surface area contributed by atoms with Crippen molar-refractivity contribution in [3.8, 4) is 0 Å². The molecule has 0 radical (unpaired) electrons. The second kappa shape index (κ2) is 13.6. The zero-order valence-corrected chi connectivity index (χ0v) is 21.5. The number of nitrogens with zero attached hydrogens (tertiary/aromatic N) is 3. The molecule has 2 heterocycles. The Kier molecular flexibility index (Phi) is 11.5. The second-order valence-corrected chi connectivity index (χ2v) is 9.62. The van der Waals surface area contributed by atoms with Crippen LogP contribution in [0.25, 0.3) is 0 Å². The van der Waals surface area contributed by atoms with Gasteiger partial charge in [-0.1, -0.05) is 12.1 Å². The van der Waals surface area contributed by atoms with Crippen LogP contribution in [0.15, 0.2) is 34.2 Å². The molecule has 0 amide bonds. The highest BCUT2D eigenvalue weighted by Gasteiger charge is 2.26. The average molecular weight is 566 g/mol. The molecule has 8 nitrogen and oxygen atoms in total. The van der Waals surface area contributed by atoms with Crippen LogP contribution in [0, 0.1) is 0 Å². The van der Waals surface area contributed by atoms with E-state index in [1.54, 1.807) is 16.4 Å². The molecular weight excluding hydrogens is 529 g/mol. The van der Waals surface area contributed by atoms with Crippen LogP contribution < -0.4 is 10.6 Å². The number of hydrogen-bond donors (Lipinski definition) is 2. The molecule has 0 aromatic heterocycles. The van der Waals surface area contributed by atoms with Gasteiger partial charge in [-0.3, -0.25) is 4.90 Å². The van der Waals surface area contributed by atoms with E-state index in [1.807, 2.05) is 19.1 Å². The predicted molar refractivity (Wildman–Crippen MR) is 135 cm³/mol. The lowest BCUT2D eigenvalue weighted by molar-refractivity contribution is 0.0376. The molecule has 1 aromatic carbocycles. The Labute approximate surface area is 203 Å². The van der Waals surface area contributed by atoms with Crippen LogP contribution in [0.3, 0.4) is 0 Å². The lowest BCUT2D eigenvalue weighted by Gasteiger charge is -2.26. The number of morpholine rings is 1. The molecule has 10 heteroatoms. The highest BCUT2D eigenvalue weighted by Crippen LogP contribution is 2.21. The quantitative estimate of drug-likeness (QED) is 0.206. The number of rotatable bonds is 9. The zero-order chi connectivity index (χ0) is 21.2. The molecule has 0 aliphatic carbocycles. The predicted octanol–water partition coefficient (Wildman–Crippen LogP) is 1.87. The van der Waals surface area contributed by atoms with Crippen molar-refractivity contribution in [3.05, 3.63) is 29.8 Å². The fourth-order valence-corrected chi connectivity index (χ4v) is 5.21. The highest BCUT2D eigenvalue weighted by molar-refractivity contribution is 14.0. The van der Waals surface area contributed by atoms with Crippen molar-refractivity contribution >= 4 is 40.0 Å². The summed E-state index contributed by atoms with van der Waals surface area (Å²) >= 11 is 0. The van der Waals surface area contributed by atoms with E-state index in [0.29, 0.717) is 24.5 Å². The van der Waals surface area contributed by atoms with Crippen LogP contribution in [0.1, 0.15) is 31.7 Å². The molecule has 0 atom stereocenters. The van der Waals surface area contributed by atoms with Crippen LogP contribution >= 0.6 is 24.0 Å². The summed E-state index contributed by atoms with van der Waals surface area (Å²) in [5, 5.41) is 6.65. The minimum Gasteiger partial charge on any atom is -0.379 e. The minimum absolute atomic E-state index is 0. The molecule has 1 aromatic rings. The third-order valence-electron chi connectivity index (χ3n) is 5.44. The summed E-state index contributed by atoms with van der Waals surface area (Å²) in [5.74, 6) is 0.785. The van der Waals surface area contributed by atoms with Gasteiger partial charge in [0.05, 0.1) is 24.7 Å². The topological polar surface area (TPSA) is 86.3 Å². The van der Waals surface area contributed by atoms with Gasteiger partial charge in [-0.2, -0.15) is 4.31 Å². The molecule has 176 valence electrons. The maximum Gasteiger partial charge on any atom is 0.243 e. The Morgan fingerprint density at radius 3 is 2.39 bits per heavy atom. The summed E-state index contributed by atoms with van der Waals surface area (Å²) in [6, 6.07) is 7.10. The van der Waals surface area contributed by atoms with Gasteiger partial charge in [0.25, 0.3) is 0 Å². The third-order valence-corrected chi connectivity index (χ3v) is 7.35. The first-order valence-corrected chi connectivity index (χ1v) is 12.4. The van der Waals surface area contributed by atoms with Crippen molar-refractivity contribution in [2.45, 2.75) is 37.6 Å². The van der Waals surface area contributed by atoms with Crippen LogP contribution in [0.5, 0.6) is 0 Å². The first kappa shape index (κ1) is 26.3. The Morgan fingerprint density at radius 1 is 1.06 bits per heavy atom. The monoisotopic (exact) mass is 565 g/mol. The Bertz CT molecular complexity index is 777. The molecule has 2 aliphatic rings. The van der Waals surface area contributed by atoms with Crippen LogP contribution in [0.2, 0.25) is 0 Å². The fraction of sp³-hybridized carbons (Fsp3) is 0.667. The van der Waals surface area contributed by atoms with Gasteiger partial charge in [0, 0.05) is 39.3 Å². The Hall–Kier alpha value is -0.950. The van der Waals surface area contributed by atoms with E-state index in [-0.39, 0.29) is 24.0 Å². The molecule has 2 N–H and O–H groups in total. The van der Waals surface area contributed by atoms with E-state index in [1.165, 1.54) is 0 Å². The van der Waals surface area contributed by atoms with Gasteiger partial charge in [-0.15, -0.1) is 24.0 Å². The van der Waals surface area contributed by atoms with Gasteiger partial charge < -0.3 is 15.4 Å². The molecule has 2 saturated heterocycles. The van der Waals surface area contributed by atoms with Crippen LogP contribution in [-0.2, 0) is 21.3 Å². The lowest BCUT2D eigenvalue weighted by Crippen LogP contribution is -2.40. The first-order chi connectivity index (χ1) is 14.6. The second-order valence-electron chi connectivity index (χ2n) is 7.68. The van der Waals surface area contributed by atoms with Gasteiger partial charge in [0.2, 0.25) is 10.0 Å². The summed E-state index contributed by atoms with van der Waals surface area (Å²) in [6.45, 7) is 10.2. The molecule has 0 saturated carbocycles. The van der Waals surface area contributed by atoms with Gasteiger partial charge in [0.1, 0.15) is 0 Å². The number of nitrogens with one attached hydrogen (secondary N) is 2. The lowest BCUT2D eigenvalue weighted by atomic mass is 10.2. The standard InChI is InChI=1S/C21H35N5O3S.HI/c1-2-22-21(23-10-5-11-25-14-16-29-17-15-25)24-18-19-6-8-20(9-7-19)30(27,28)26-12-3-4-13-26;/h6-9H,2-5,10-18H2,1H3,(H2,22,23,24);1H. The van der Waals surface area contributed by atoms with E-state index in [4.69, 9.17) is 4.74 Å². The minimum atomic E-state index is -3.36. The largest absolute Gasteiger partial charge is 0.379 e. The zero-order valence-electron chi connectivity index (χ0n) is 18.4. The van der Waals surface area contributed by atoms with E-state index >= 15 is 0 Å². The van der Waals surface area contributed by atoms with Crippen molar-refractivity contribution in [3.63, 3.8) is 0 Å². The molecular formula is C21H36IN5O3S. The van der Waals surface area contributed by atoms with E-state index in [2.05, 4.69) is 20.5 Å². The molecule has 0 spiro atoms. The third kappa shape index (κ3) is 8.16. The highest BCUT2D eigenvalue weighted by atomic mass is 127. The summed E-state index contributed by atoms with van der Waals surface area (Å²) in [7, 11) is -3.36. The van der Waals surface area contributed by atoms with Crippen molar-refractivity contribution in [1.29, 1.82) is 0 Å². The molecule has 3 rings (SSSR count). The van der Waals surface area contributed by atoms with E-state index in [0.717, 1.165) is 76.7 Å². The van der Waals surface area contributed by atoms with Crippen molar-refractivity contribution < 1.29 is 13.2 Å². The number of hydrogen-bond acceptors (Lipinski definition) is 5. The maximum absolute atomic E-state index is 12.6. The average Bonchev–Trinajstić information content (AvgIpc) is 3.32. The SMILES string of the molecule is CCNC(=NCc1ccc(S(=O)(=O)N2CCCC2)cc1)NCCCN1CCOCC1.I. The van der Waals surface area contributed by atoms with Crippen LogP contribution in [0.4, 0.5) is 0 Å². The first-order valence-electron chi connectivity index (χ1n) is 11.0. The normalized spacial score (nSPS) is 18.5. The number of ether oxygens (including phenoxy) is 1. The van der Waals surface area contributed by atoms with E-state index < -0.39 is 10.0 Å². The Balaban J connectivity index is 0.00000341. The van der Waals surface area contributed by atoms with Crippen molar-refractivity contribution in [2.75, 3.05) is 59.0 Å². The van der Waals surface area contributed by atoms with Gasteiger partial charge in [-0.05, 0) is 50.4 Å². The summed E-state index contributed by atoms with van der Waals surface area (Å²) in [4.78, 5) is 7.43. The number of aliphatic imine (C=N–C) groups is 1. The summed E-state index contributed by atoms with van der Waals surface area (Å²) in [6.07, 6.45) is 2.94. The fourth-order valence-electron chi connectivity index (χ4n) is 3.69. The van der Waals surface area contributed by atoms with Gasteiger partial charge in [-0.25, -0.2) is 13.4 Å². The number of benzene rings is 1. The molecule has 2 fully saturated rings. The summed E-state index contributed by atoms with van der Waals surface area (Å²) in [5.41, 5.74) is 0.987.